The van der Waals surface area contributed by atoms with Crippen LogP contribution >= 0.6 is 0 Å². The second-order valence-corrected chi connectivity index (χ2v) is 12.5. The maximum atomic E-state index is 12.0. The van der Waals surface area contributed by atoms with Gasteiger partial charge in [0.25, 0.3) is 0 Å². The highest BCUT2D eigenvalue weighted by atomic mass is 16.6. The third-order valence-electron chi connectivity index (χ3n) is 7.34. The molecule has 0 aromatic heterocycles. The highest BCUT2D eigenvalue weighted by Gasteiger charge is 2.23. The molecule has 0 N–H and O–H groups in total. The summed E-state index contributed by atoms with van der Waals surface area (Å²) < 4.78 is 23.3. The van der Waals surface area contributed by atoms with Crippen LogP contribution in [0.4, 0.5) is 0 Å². The van der Waals surface area contributed by atoms with Gasteiger partial charge in [-0.15, -0.1) is 0 Å². The first-order chi connectivity index (χ1) is 20.2. The number of carbonyl (C=O) groups excluding carboxylic acids is 1. The summed E-state index contributed by atoms with van der Waals surface area (Å²) >= 11 is 0. The van der Waals surface area contributed by atoms with E-state index < -0.39 is 0 Å². The molecule has 0 bridgehead atoms. The highest BCUT2D eigenvalue weighted by Crippen LogP contribution is 2.21. The van der Waals surface area contributed by atoms with Gasteiger partial charge in [-0.05, 0) is 84.6 Å². The fourth-order valence-electron chi connectivity index (χ4n) is 4.36. The quantitative estimate of drug-likeness (QED) is 0.0583. The zero-order chi connectivity index (χ0) is 30.8. The Balaban J connectivity index is 1.93. The van der Waals surface area contributed by atoms with Crippen LogP contribution in [0, 0.1) is 0 Å². The number of carbonyl (C=O) groups is 1. The number of esters is 1. The Morgan fingerprint density at radius 3 is 2.02 bits per heavy atom. The average Bonchev–Trinajstić information content (AvgIpc) is 2.96. The molecule has 0 saturated carbocycles. The highest BCUT2D eigenvalue weighted by molar-refractivity contribution is 5.69. The van der Waals surface area contributed by atoms with Crippen LogP contribution in [0.2, 0.25) is 0 Å². The third-order valence-corrected chi connectivity index (χ3v) is 7.34. The third kappa shape index (κ3) is 23.6. The molecule has 0 heterocycles. The average molecular weight is 587 g/mol. The van der Waals surface area contributed by atoms with Gasteiger partial charge in [0.1, 0.15) is 6.61 Å². The van der Waals surface area contributed by atoms with Crippen LogP contribution in [-0.4, -0.2) is 43.6 Å². The number of rotatable bonds is 27. The molecule has 0 aliphatic heterocycles. The minimum Gasteiger partial charge on any atom is -0.463 e. The van der Waals surface area contributed by atoms with Crippen LogP contribution in [0.3, 0.4) is 0 Å². The van der Waals surface area contributed by atoms with Crippen molar-refractivity contribution in [3.8, 4) is 0 Å². The zero-order valence-corrected chi connectivity index (χ0v) is 27.7. The molecule has 5 heteroatoms. The van der Waals surface area contributed by atoms with Crippen LogP contribution in [0.5, 0.6) is 0 Å². The molecule has 1 aromatic rings. The summed E-state index contributed by atoms with van der Waals surface area (Å²) in [5, 5.41) is 0. The molecule has 0 saturated heterocycles. The molecule has 0 spiro atoms. The molecule has 1 rings (SSSR count). The minimum absolute atomic E-state index is 0.120. The number of benzene rings is 1. The molecule has 42 heavy (non-hydrogen) atoms. The zero-order valence-electron chi connectivity index (χ0n) is 27.7. The van der Waals surface area contributed by atoms with Crippen LogP contribution in [-0.2, 0) is 30.3 Å². The molecule has 240 valence electrons. The van der Waals surface area contributed by atoms with Gasteiger partial charge in [0.2, 0.25) is 0 Å². The van der Waals surface area contributed by atoms with E-state index in [0.717, 1.165) is 38.5 Å². The standard InChI is InChI=1S/C37H62O5/c1-6-7-8-9-10-11-12-13-14-15-16-17-18-19-23-26-35(38)40-32-31-39-29-27-36(2,3)41-30-28-37(4,5)42-33-34-24-21-20-22-25-34/h10-11,13-14,20-22,24-25H,6-9,12,15-19,23,26-33H2,1-5H3/b11-10-,14-13-. The van der Waals surface area contributed by atoms with Crippen molar-refractivity contribution >= 4 is 5.97 Å². The summed E-state index contributed by atoms with van der Waals surface area (Å²) in [5.41, 5.74) is 0.637. The lowest BCUT2D eigenvalue weighted by Crippen LogP contribution is -2.31. The molecule has 5 nitrogen and oxygen atoms in total. The van der Waals surface area contributed by atoms with Crippen molar-refractivity contribution in [1.82, 2.24) is 0 Å². The van der Waals surface area contributed by atoms with Crippen molar-refractivity contribution in [3.63, 3.8) is 0 Å². The number of hydrogen-bond donors (Lipinski definition) is 0. The lowest BCUT2D eigenvalue weighted by molar-refractivity contribution is -0.145. The molecule has 0 atom stereocenters. The topological polar surface area (TPSA) is 54.0 Å². The molecule has 0 amide bonds. The van der Waals surface area contributed by atoms with E-state index in [1.54, 1.807) is 0 Å². The smallest absolute Gasteiger partial charge is 0.305 e. The van der Waals surface area contributed by atoms with E-state index >= 15 is 0 Å². The van der Waals surface area contributed by atoms with Gasteiger partial charge < -0.3 is 18.9 Å². The summed E-state index contributed by atoms with van der Waals surface area (Å²) in [4.78, 5) is 12.0. The van der Waals surface area contributed by atoms with Crippen LogP contribution in [0.15, 0.2) is 54.6 Å². The Bertz CT molecular complexity index is 828. The summed E-state index contributed by atoms with van der Waals surface area (Å²) in [7, 11) is 0. The lowest BCUT2D eigenvalue weighted by atomic mass is 10.0. The van der Waals surface area contributed by atoms with E-state index in [9.17, 15) is 4.79 Å². The van der Waals surface area contributed by atoms with Gasteiger partial charge in [-0.2, -0.15) is 0 Å². The first-order valence-electron chi connectivity index (χ1n) is 16.6. The Morgan fingerprint density at radius 1 is 0.690 bits per heavy atom. The second-order valence-electron chi connectivity index (χ2n) is 12.5. The Kier molecular flexibility index (Phi) is 22.2. The molecule has 0 unspecified atom stereocenters. The molecule has 0 radical (unpaired) electrons. The molecule has 0 aliphatic carbocycles. The van der Waals surface area contributed by atoms with Gasteiger partial charge in [-0.3, -0.25) is 4.79 Å². The van der Waals surface area contributed by atoms with E-state index in [-0.39, 0.29) is 17.2 Å². The number of hydrogen-bond acceptors (Lipinski definition) is 5. The van der Waals surface area contributed by atoms with Gasteiger partial charge in [0.15, 0.2) is 0 Å². The number of ether oxygens (including phenoxy) is 4. The van der Waals surface area contributed by atoms with E-state index in [4.69, 9.17) is 18.9 Å². The van der Waals surface area contributed by atoms with Crippen molar-refractivity contribution in [1.29, 1.82) is 0 Å². The lowest BCUT2D eigenvalue weighted by Gasteiger charge is -2.30. The van der Waals surface area contributed by atoms with Crippen molar-refractivity contribution in [3.05, 3.63) is 60.2 Å². The predicted octanol–water partition coefficient (Wildman–Crippen LogP) is 9.93. The van der Waals surface area contributed by atoms with Gasteiger partial charge in [0.05, 0.1) is 31.0 Å². The Labute approximate surface area is 258 Å². The summed E-state index contributed by atoms with van der Waals surface area (Å²) in [6.07, 6.45) is 24.2. The van der Waals surface area contributed by atoms with Gasteiger partial charge in [-0.1, -0.05) is 93.7 Å². The Hall–Kier alpha value is -1.95. The first-order valence-corrected chi connectivity index (χ1v) is 16.6. The molecule has 0 aliphatic rings. The normalized spacial score (nSPS) is 12.5. The van der Waals surface area contributed by atoms with Crippen molar-refractivity contribution < 1.29 is 23.7 Å². The minimum atomic E-state index is -0.284. The van der Waals surface area contributed by atoms with E-state index in [2.05, 4.69) is 71.1 Å². The molecule has 1 aromatic carbocycles. The largest absolute Gasteiger partial charge is 0.463 e. The van der Waals surface area contributed by atoms with Crippen molar-refractivity contribution in [2.75, 3.05) is 26.4 Å². The summed E-state index contributed by atoms with van der Waals surface area (Å²) in [6.45, 7) is 13.2. The van der Waals surface area contributed by atoms with Gasteiger partial charge in [0, 0.05) is 13.0 Å². The molecular weight excluding hydrogens is 524 g/mol. The van der Waals surface area contributed by atoms with Gasteiger partial charge in [-0.25, -0.2) is 0 Å². The van der Waals surface area contributed by atoms with E-state index in [1.165, 1.54) is 50.5 Å². The van der Waals surface area contributed by atoms with Crippen molar-refractivity contribution in [2.24, 2.45) is 0 Å². The maximum Gasteiger partial charge on any atom is 0.305 e. The predicted molar refractivity (Wildman–Crippen MR) is 176 cm³/mol. The van der Waals surface area contributed by atoms with Crippen molar-refractivity contribution in [2.45, 2.75) is 142 Å². The second kappa shape index (κ2) is 24.5. The summed E-state index contributed by atoms with van der Waals surface area (Å²) in [6, 6.07) is 10.2. The van der Waals surface area contributed by atoms with Crippen LogP contribution in [0.25, 0.3) is 0 Å². The number of allylic oxidation sites excluding steroid dienone is 4. The number of unbranched alkanes of at least 4 members (excludes halogenated alkanes) is 8. The SMILES string of the molecule is CCCCC/C=C\C/C=C\CCCCCCCC(=O)OCCOCCC(C)(C)OCCC(C)(C)OCc1ccccc1. The fraction of sp³-hybridized carbons (Fsp3) is 0.703. The first kappa shape index (κ1) is 38.1. The van der Waals surface area contributed by atoms with Gasteiger partial charge >= 0.3 is 5.97 Å². The van der Waals surface area contributed by atoms with Crippen LogP contribution < -0.4 is 0 Å². The maximum absolute atomic E-state index is 12.0. The van der Waals surface area contributed by atoms with E-state index in [0.29, 0.717) is 39.5 Å². The molecule has 0 fully saturated rings. The monoisotopic (exact) mass is 586 g/mol. The Morgan fingerprint density at radius 2 is 1.31 bits per heavy atom. The molecular formula is C37H62O5. The van der Waals surface area contributed by atoms with Crippen LogP contribution in [0.1, 0.15) is 130 Å². The van der Waals surface area contributed by atoms with E-state index in [1.807, 2.05) is 18.2 Å². The summed E-state index contributed by atoms with van der Waals surface area (Å²) in [5.74, 6) is -0.120. The fourth-order valence-corrected chi connectivity index (χ4v) is 4.36.